The van der Waals surface area contributed by atoms with Gasteiger partial charge in [-0.2, -0.15) is 0 Å². The van der Waals surface area contributed by atoms with Crippen LogP contribution in [0.2, 0.25) is 0 Å². The molecule has 1 N–H and O–H groups in total. The number of aromatic nitrogens is 1. The van der Waals surface area contributed by atoms with Gasteiger partial charge in [0, 0.05) is 23.5 Å². The molecule has 2 aliphatic rings. The topological polar surface area (TPSA) is 28.2 Å². The van der Waals surface area contributed by atoms with E-state index in [9.17, 15) is 0 Å². The van der Waals surface area contributed by atoms with Crippen molar-refractivity contribution in [3.8, 4) is 0 Å². The lowest BCUT2D eigenvalue weighted by molar-refractivity contribution is 0.131. The van der Waals surface area contributed by atoms with E-state index >= 15 is 0 Å². The molecule has 0 aromatic carbocycles. The summed E-state index contributed by atoms with van der Waals surface area (Å²) in [5, 5.41) is 5.89. The Morgan fingerprint density at radius 3 is 2.71 bits per heavy atom. The molecule has 0 radical (unpaired) electrons. The quantitative estimate of drug-likeness (QED) is 0.894. The summed E-state index contributed by atoms with van der Waals surface area (Å²) in [6.07, 6.45) is 5.36. The molecule has 1 aromatic rings. The van der Waals surface area contributed by atoms with Gasteiger partial charge in [0.05, 0.1) is 17.2 Å². The molecule has 2 saturated heterocycles. The van der Waals surface area contributed by atoms with Crippen molar-refractivity contribution >= 4 is 11.3 Å². The molecule has 2 aliphatic heterocycles. The normalized spacial score (nSPS) is 34.2. The third kappa shape index (κ3) is 2.26. The lowest BCUT2D eigenvalue weighted by atomic mass is 9.97. The Hall–Kier alpha value is -0.450. The van der Waals surface area contributed by atoms with Gasteiger partial charge >= 0.3 is 0 Å². The molecule has 0 amide bonds. The second-order valence-electron chi connectivity index (χ2n) is 5.52. The van der Waals surface area contributed by atoms with E-state index in [1.165, 1.54) is 31.4 Å². The number of hydrogen-bond acceptors (Lipinski definition) is 4. The van der Waals surface area contributed by atoms with Crippen molar-refractivity contribution in [1.82, 2.24) is 15.2 Å². The summed E-state index contributed by atoms with van der Waals surface area (Å²) in [7, 11) is 2.26. The highest BCUT2D eigenvalue weighted by molar-refractivity contribution is 7.07. The van der Waals surface area contributed by atoms with E-state index in [2.05, 4.69) is 34.6 Å². The van der Waals surface area contributed by atoms with Gasteiger partial charge in [-0.05, 0) is 39.7 Å². The zero-order valence-corrected chi connectivity index (χ0v) is 11.4. The molecule has 3 nitrogen and oxygen atoms in total. The number of hydrogen-bond donors (Lipinski definition) is 1. The number of piperidine rings is 1. The van der Waals surface area contributed by atoms with Gasteiger partial charge in [-0.3, -0.25) is 4.90 Å². The number of nitrogens with one attached hydrogen (secondary N) is 1. The summed E-state index contributed by atoms with van der Waals surface area (Å²) in [5.41, 5.74) is 3.16. The van der Waals surface area contributed by atoms with Crippen LogP contribution in [-0.4, -0.2) is 35.1 Å². The summed E-state index contributed by atoms with van der Waals surface area (Å²) in [5.74, 6) is 0. The van der Waals surface area contributed by atoms with E-state index in [-0.39, 0.29) is 0 Å². The van der Waals surface area contributed by atoms with Crippen LogP contribution in [0.1, 0.15) is 44.3 Å². The predicted molar refractivity (Wildman–Crippen MR) is 71.3 cm³/mol. The number of thiazole rings is 1. The highest BCUT2D eigenvalue weighted by atomic mass is 32.1. The van der Waals surface area contributed by atoms with Gasteiger partial charge in [0.15, 0.2) is 0 Å². The summed E-state index contributed by atoms with van der Waals surface area (Å²) < 4.78 is 0. The molecule has 3 unspecified atom stereocenters. The maximum Gasteiger partial charge on any atom is 0.0795 e. The molecule has 3 atom stereocenters. The van der Waals surface area contributed by atoms with Gasteiger partial charge in [0.25, 0.3) is 0 Å². The molecular weight excluding hydrogens is 230 g/mol. The molecule has 4 heteroatoms. The van der Waals surface area contributed by atoms with Crippen LogP contribution in [0.3, 0.4) is 0 Å². The largest absolute Gasteiger partial charge is 0.311 e. The van der Waals surface area contributed by atoms with E-state index in [1.807, 2.05) is 5.51 Å². The minimum Gasteiger partial charge on any atom is -0.311 e. The molecule has 94 valence electrons. The summed E-state index contributed by atoms with van der Waals surface area (Å²) in [4.78, 5) is 6.98. The first-order valence-electron chi connectivity index (χ1n) is 6.60. The molecule has 2 bridgehead atoms. The lowest BCUT2D eigenvalue weighted by Gasteiger charge is -2.38. The Morgan fingerprint density at radius 1 is 1.41 bits per heavy atom. The predicted octanol–water partition coefficient (Wildman–Crippen LogP) is 2.42. The van der Waals surface area contributed by atoms with Crippen molar-refractivity contribution in [3.63, 3.8) is 0 Å². The van der Waals surface area contributed by atoms with Gasteiger partial charge in [-0.25, -0.2) is 4.98 Å². The first-order valence-corrected chi connectivity index (χ1v) is 7.54. The van der Waals surface area contributed by atoms with Crippen molar-refractivity contribution in [3.05, 3.63) is 16.6 Å². The van der Waals surface area contributed by atoms with Crippen LogP contribution in [0.5, 0.6) is 0 Å². The van der Waals surface area contributed by atoms with Gasteiger partial charge in [-0.1, -0.05) is 0 Å². The standard InChI is InChI=1S/C13H21N3S/c1-9(13-7-17-8-14-13)16(2)12-5-10-3-4-11(6-12)15-10/h7-12,15H,3-6H2,1-2H3. The van der Waals surface area contributed by atoms with Crippen LogP contribution >= 0.6 is 11.3 Å². The highest BCUT2D eigenvalue weighted by Gasteiger charge is 2.36. The van der Waals surface area contributed by atoms with Crippen LogP contribution in [0, 0.1) is 0 Å². The van der Waals surface area contributed by atoms with E-state index in [0.717, 1.165) is 18.1 Å². The fourth-order valence-electron chi connectivity index (χ4n) is 3.31. The van der Waals surface area contributed by atoms with Gasteiger partial charge < -0.3 is 5.32 Å². The average Bonchev–Trinajstić information content (AvgIpc) is 2.97. The smallest absolute Gasteiger partial charge is 0.0795 e. The van der Waals surface area contributed by atoms with E-state index in [0.29, 0.717) is 6.04 Å². The third-order valence-electron chi connectivity index (χ3n) is 4.51. The average molecular weight is 251 g/mol. The minimum atomic E-state index is 0.448. The molecule has 2 fully saturated rings. The van der Waals surface area contributed by atoms with Crippen LogP contribution in [0.4, 0.5) is 0 Å². The zero-order valence-electron chi connectivity index (χ0n) is 10.6. The van der Waals surface area contributed by atoms with Gasteiger partial charge in [-0.15, -0.1) is 11.3 Å². The van der Waals surface area contributed by atoms with Crippen molar-refractivity contribution in [2.45, 2.75) is 56.8 Å². The van der Waals surface area contributed by atoms with Crippen molar-refractivity contribution in [2.75, 3.05) is 7.05 Å². The Balaban J connectivity index is 1.68. The molecule has 17 heavy (non-hydrogen) atoms. The van der Waals surface area contributed by atoms with Crippen LogP contribution < -0.4 is 5.32 Å². The van der Waals surface area contributed by atoms with Crippen molar-refractivity contribution < 1.29 is 0 Å². The van der Waals surface area contributed by atoms with Crippen molar-refractivity contribution in [2.24, 2.45) is 0 Å². The van der Waals surface area contributed by atoms with E-state index in [4.69, 9.17) is 0 Å². The van der Waals surface area contributed by atoms with Crippen LogP contribution in [-0.2, 0) is 0 Å². The molecule has 3 heterocycles. The molecule has 0 aliphatic carbocycles. The van der Waals surface area contributed by atoms with Crippen molar-refractivity contribution in [1.29, 1.82) is 0 Å². The number of rotatable bonds is 3. The monoisotopic (exact) mass is 251 g/mol. The van der Waals surface area contributed by atoms with Crippen LogP contribution in [0.15, 0.2) is 10.9 Å². The molecule has 0 spiro atoms. The SMILES string of the molecule is CC(c1cscn1)N(C)C1CC2CCC(C1)N2. The van der Waals surface area contributed by atoms with E-state index in [1.54, 1.807) is 11.3 Å². The first-order chi connectivity index (χ1) is 8.24. The van der Waals surface area contributed by atoms with E-state index < -0.39 is 0 Å². The maximum atomic E-state index is 4.45. The van der Waals surface area contributed by atoms with Gasteiger partial charge in [0.2, 0.25) is 0 Å². The molecule has 0 saturated carbocycles. The second-order valence-corrected chi connectivity index (χ2v) is 6.24. The van der Waals surface area contributed by atoms with Gasteiger partial charge in [0.1, 0.15) is 0 Å². The Bertz CT molecular complexity index is 353. The lowest BCUT2D eigenvalue weighted by Crippen LogP contribution is -2.47. The number of fused-ring (bicyclic) bond motifs is 2. The zero-order chi connectivity index (χ0) is 11.8. The summed E-state index contributed by atoms with van der Waals surface area (Å²) >= 11 is 1.70. The third-order valence-corrected chi connectivity index (χ3v) is 5.12. The Labute approximate surface area is 107 Å². The minimum absolute atomic E-state index is 0.448. The summed E-state index contributed by atoms with van der Waals surface area (Å²) in [6.45, 7) is 2.28. The molecular formula is C13H21N3S. The molecule has 1 aromatic heterocycles. The fraction of sp³-hybridized carbons (Fsp3) is 0.769. The second kappa shape index (κ2) is 4.67. The number of nitrogens with zero attached hydrogens (tertiary/aromatic N) is 2. The maximum absolute atomic E-state index is 4.45. The Morgan fingerprint density at radius 2 is 2.12 bits per heavy atom. The Kier molecular flexibility index (Phi) is 3.19. The van der Waals surface area contributed by atoms with Crippen LogP contribution in [0.25, 0.3) is 0 Å². The fourth-order valence-corrected chi connectivity index (χ4v) is 3.95. The summed E-state index contributed by atoms with van der Waals surface area (Å²) in [6, 6.07) is 2.71. The first kappa shape index (κ1) is 11.6. The molecule has 3 rings (SSSR count). The highest BCUT2D eigenvalue weighted by Crippen LogP contribution is 2.32.